The fourth-order valence-electron chi connectivity index (χ4n) is 1.85. The molecule has 8 nitrogen and oxygen atoms in total. The van der Waals surface area contributed by atoms with Crippen molar-refractivity contribution in [3.05, 3.63) is 27.8 Å². The van der Waals surface area contributed by atoms with Gasteiger partial charge in [-0.15, -0.1) is 0 Å². The van der Waals surface area contributed by atoms with Gasteiger partial charge in [0.15, 0.2) is 11.5 Å². The number of nitrogens with zero attached hydrogens (tertiary/aromatic N) is 1. The molecule has 0 fully saturated rings. The lowest BCUT2D eigenvalue weighted by Gasteiger charge is -2.15. The molecule has 21 heavy (non-hydrogen) atoms. The van der Waals surface area contributed by atoms with E-state index in [0.717, 1.165) is 0 Å². The van der Waals surface area contributed by atoms with Crippen LogP contribution in [-0.2, 0) is 9.53 Å². The van der Waals surface area contributed by atoms with Crippen LogP contribution in [0.4, 0.5) is 5.69 Å². The molecule has 0 aliphatic heterocycles. The van der Waals surface area contributed by atoms with Gasteiger partial charge in [-0.1, -0.05) is 0 Å². The van der Waals surface area contributed by atoms with E-state index in [2.05, 4.69) is 0 Å². The monoisotopic (exact) mass is 298 g/mol. The van der Waals surface area contributed by atoms with E-state index >= 15 is 0 Å². The van der Waals surface area contributed by atoms with Crippen LogP contribution in [0.5, 0.6) is 11.5 Å². The fraction of sp³-hybridized carbons (Fsp3) is 0.462. The molecule has 1 rings (SSSR count). The smallest absolute Gasteiger partial charge is 0.307 e. The normalized spacial score (nSPS) is 11.6. The lowest BCUT2D eigenvalue weighted by atomic mass is 10.0. The second kappa shape index (κ2) is 7.44. The first kappa shape index (κ1) is 16.7. The topological polar surface area (TPSA) is 114 Å². The van der Waals surface area contributed by atoms with Gasteiger partial charge in [-0.2, -0.15) is 0 Å². The standard InChI is InChI=1S/C13H18N2O6/c1-4-21-13(16)6-9(14)8-5-11(19-2)12(20-3)7-10(8)15(17)18/h5,7,9H,4,6,14H2,1-3H3/t9-/m1/s1. The molecule has 0 aromatic heterocycles. The van der Waals surface area contributed by atoms with Crippen molar-refractivity contribution in [3.63, 3.8) is 0 Å². The van der Waals surface area contributed by atoms with Crippen molar-refractivity contribution >= 4 is 11.7 Å². The van der Waals surface area contributed by atoms with Crippen molar-refractivity contribution in [3.8, 4) is 11.5 Å². The van der Waals surface area contributed by atoms with Crippen LogP contribution < -0.4 is 15.2 Å². The van der Waals surface area contributed by atoms with E-state index in [0.29, 0.717) is 5.75 Å². The number of carbonyl (C=O) groups is 1. The van der Waals surface area contributed by atoms with Gasteiger partial charge in [0, 0.05) is 6.04 Å². The highest BCUT2D eigenvalue weighted by atomic mass is 16.6. The van der Waals surface area contributed by atoms with Gasteiger partial charge in [0.25, 0.3) is 5.69 Å². The van der Waals surface area contributed by atoms with Gasteiger partial charge >= 0.3 is 5.97 Å². The second-order valence-corrected chi connectivity index (χ2v) is 4.14. The molecule has 0 spiro atoms. The quantitative estimate of drug-likeness (QED) is 0.461. The van der Waals surface area contributed by atoms with Crippen LogP contribution in [0.3, 0.4) is 0 Å². The number of esters is 1. The van der Waals surface area contributed by atoms with Crippen LogP contribution in [0.2, 0.25) is 0 Å². The van der Waals surface area contributed by atoms with Crippen molar-refractivity contribution < 1.29 is 23.9 Å². The van der Waals surface area contributed by atoms with Gasteiger partial charge in [0.2, 0.25) is 0 Å². The molecule has 0 aliphatic carbocycles. The van der Waals surface area contributed by atoms with Crippen LogP contribution in [0, 0.1) is 10.1 Å². The molecule has 1 aromatic rings. The maximum Gasteiger partial charge on any atom is 0.307 e. The third-order valence-corrected chi connectivity index (χ3v) is 2.82. The summed E-state index contributed by atoms with van der Waals surface area (Å²) in [6.07, 6.45) is -0.163. The van der Waals surface area contributed by atoms with E-state index in [1.807, 2.05) is 0 Å². The molecule has 0 amide bonds. The molecule has 1 atom stereocenters. The summed E-state index contributed by atoms with van der Waals surface area (Å²) in [6, 6.07) is 1.75. The van der Waals surface area contributed by atoms with Crippen LogP contribution >= 0.6 is 0 Å². The van der Waals surface area contributed by atoms with E-state index < -0.39 is 16.9 Å². The number of nitro benzene ring substituents is 1. The highest BCUT2D eigenvalue weighted by molar-refractivity contribution is 5.71. The number of nitro groups is 1. The summed E-state index contributed by atoms with van der Waals surface area (Å²) in [4.78, 5) is 22.0. The van der Waals surface area contributed by atoms with E-state index in [9.17, 15) is 14.9 Å². The first-order valence-corrected chi connectivity index (χ1v) is 6.26. The molecule has 2 N–H and O–H groups in total. The first-order valence-electron chi connectivity index (χ1n) is 6.26. The average Bonchev–Trinajstić information content (AvgIpc) is 2.45. The van der Waals surface area contributed by atoms with Crippen molar-refractivity contribution in [2.75, 3.05) is 20.8 Å². The number of benzene rings is 1. The molecule has 0 saturated heterocycles. The predicted molar refractivity (Wildman–Crippen MR) is 74.4 cm³/mol. The average molecular weight is 298 g/mol. The Morgan fingerprint density at radius 1 is 1.33 bits per heavy atom. The number of nitrogens with two attached hydrogens (primary N) is 1. The van der Waals surface area contributed by atoms with E-state index in [1.165, 1.54) is 26.4 Å². The minimum atomic E-state index is -0.871. The van der Waals surface area contributed by atoms with E-state index in [-0.39, 0.29) is 30.0 Å². The summed E-state index contributed by atoms with van der Waals surface area (Å²) in [5.74, 6) is 0.00257. The van der Waals surface area contributed by atoms with Gasteiger partial charge in [0.05, 0.1) is 43.8 Å². The molecule has 116 valence electrons. The summed E-state index contributed by atoms with van der Waals surface area (Å²) >= 11 is 0. The molecular weight excluding hydrogens is 280 g/mol. The maximum absolute atomic E-state index is 11.5. The number of ether oxygens (including phenoxy) is 3. The molecule has 0 unspecified atom stereocenters. The summed E-state index contributed by atoms with van der Waals surface area (Å²) < 4.78 is 14.9. The molecule has 0 radical (unpaired) electrons. The molecule has 1 aromatic carbocycles. The van der Waals surface area contributed by atoms with Gasteiger partial charge in [-0.05, 0) is 13.0 Å². The Hall–Kier alpha value is -2.35. The Kier molecular flexibility index (Phi) is 5.92. The molecule has 8 heteroatoms. The van der Waals surface area contributed by atoms with Crippen molar-refractivity contribution in [1.29, 1.82) is 0 Å². The molecule has 0 saturated carbocycles. The van der Waals surface area contributed by atoms with Crippen LogP contribution in [0.1, 0.15) is 24.9 Å². The minimum absolute atomic E-state index is 0.163. The van der Waals surface area contributed by atoms with Gasteiger partial charge in [-0.3, -0.25) is 14.9 Å². The largest absolute Gasteiger partial charge is 0.493 e. The van der Waals surface area contributed by atoms with E-state index in [4.69, 9.17) is 19.9 Å². The zero-order chi connectivity index (χ0) is 16.0. The summed E-state index contributed by atoms with van der Waals surface area (Å²) in [7, 11) is 2.78. The number of hydrogen-bond acceptors (Lipinski definition) is 7. The highest BCUT2D eigenvalue weighted by Gasteiger charge is 2.25. The summed E-state index contributed by atoms with van der Waals surface area (Å²) in [6.45, 7) is 1.89. The van der Waals surface area contributed by atoms with Crippen molar-refractivity contribution in [2.24, 2.45) is 5.73 Å². The minimum Gasteiger partial charge on any atom is -0.493 e. The Bertz CT molecular complexity index is 532. The fourth-order valence-corrected chi connectivity index (χ4v) is 1.85. The molecule has 0 heterocycles. The maximum atomic E-state index is 11.5. The van der Waals surface area contributed by atoms with E-state index in [1.54, 1.807) is 6.92 Å². The SMILES string of the molecule is CCOC(=O)C[C@@H](N)c1cc(OC)c(OC)cc1[N+](=O)[O-]. The summed E-state index contributed by atoms with van der Waals surface area (Å²) in [5, 5.41) is 11.1. The molecule has 0 bridgehead atoms. The van der Waals surface area contributed by atoms with Crippen LogP contribution in [0.15, 0.2) is 12.1 Å². The number of hydrogen-bond donors (Lipinski definition) is 1. The Labute approximate surface area is 121 Å². The molecular formula is C13H18N2O6. The summed E-state index contributed by atoms with van der Waals surface area (Å²) in [5.41, 5.74) is 5.83. The van der Waals surface area contributed by atoms with Crippen molar-refractivity contribution in [1.82, 2.24) is 0 Å². The second-order valence-electron chi connectivity index (χ2n) is 4.14. The zero-order valence-corrected chi connectivity index (χ0v) is 12.1. The third kappa shape index (κ3) is 4.06. The number of carbonyl (C=O) groups excluding carboxylic acids is 1. The number of methoxy groups -OCH3 is 2. The van der Waals surface area contributed by atoms with Gasteiger partial charge in [0.1, 0.15) is 0 Å². The van der Waals surface area contributed by atoms with Gasteiger partial charge < -0.3 is 19.9 Å². The zero-order valence-electron chi connectivity index (χ0n) is 12.1. The molecule has 0 aliphatic rings. The Morgan fingerprint density at radius 3 is 2.38 bits per heavy atom. The van der Waals surface area contributed by atoms with Crippen molar-refractivity contribution in [2.45, 2.75) is 19.4 Å². The van der Waals surface area contributed by atoms with Gasteiger partial charge in [-0.25, -0.2) is 0 Å². The van der Waals surface area contributed by atoms with Crippen LogP contribution in [-0.4, -0.2) is 31.7 Å². The third-order valence-electron chi connectivity index (χ3n) is 2.82. The first-order chi connectivity index (χ1) is 9.94. The lowest BCUT2D eigenvalue weighted by molar-refractivity contribution is -0.385. The Morgan fingerprint density at radius 2 is 1.90 bits per heavy atom. The number of rotatable bonds is 7. The Balaban J connectivity index is 3.19. The lowest BCUT2D eigenvalue weighted by Crippen LogP contribution is -2.18. The van der Waals surface area contributed by atoms with Crippen LogP contribution in [0.25, 0.3) is 0 Å². The highest BCUT2D eigenvalue weighted by Crippen LogP contribution is 2.37. The predicted octanol–water partition coefficient (Wildman–Crippen LogP) is 1.57.